The predicted octanol–water partition coefficient (Wildman–Crippen LogP) is 6.65. The molecule has 2 aromatic rings. The second-order valence-corrected chi connectivity index (χ2v) is 9.48. The number of ether oxygens (including phenoxy) is 2. The summed E-state index contributed by atoms with van der Waals surface area (Å²) in [6, 6.07) is 15.1. The Morgan fingerprint density at radius 2 is 0.906 bits per heavy atom. The molecule has 0 saturated carbocycles. The highest BCUT2D eigenvalue weighted by Crippen LogP contribution is 2.15. The van der Waals surface area contributed by atoms with Gasteiger partial charge in [0, 0.05) is 0 Å². The number of carbonyl (C=O) groups excluding carboxylic acids is 2. The van der Waals surface area contributed by atoms with Crippen molar-refractivity contribution in [1.29, 1.82) is 0 Å². The zero-order chi connectivity index (χ0) is 23.7. The Morgan fingerprint density at radius 1 is 0.594 bits per heavy atom. The zero-order valence-electron chi connectivity index (χ0n) is 20.4. The van der Waals surface area contributed by atoms with E-state index in [1.807, 2.05) is 24.3 Å². The Balaban J connectivity index is 1.85. The molecule has 0 fully saturated rings. The summed E-state index contributed by atoms with van der Waals surface area (Å²) in [6.07, 6.45) is 3.11. The zero-order valence-corrected chi connectivity index (χ0v) is 20.4. The highest BCUT2D eigenvalue weighted by Gasteiger charge is 2.22. The van der Waals surface area contributed by atoms with Crippen molar-refractivity contribution in [3.05, 3.63) is 70.8 Å². The van der Waals surface area contributed by atoms with Crippen molar-refractivity contribution in [2.45, 2.75) is 79.4 Å². The first-order chi connectivity index (χ1) is 15.2. The Morgan fingerprint density at radius 3 is 1.19 bits per heavy atom. The number of esters is 2. The summed E-state index contributed by atoms with van der Waals surface area (Å²) in [5, 5.41) is 0. The molecule has 0 saturated heterocycles. The van der Waals surface area contributed by atoms with Gasteiger partial charge >= 0.3 is 11.9 Å². The molecular weight excluding hydrogens is 400 g/mol. The van der Waals surface area contributed by atoms with Gasteiger partial charge in [-0.05, 0) is 86.8 Å². The van der Waals surface area contributed by atoms with Gasteiger partial charge in [-0.15, -0.1) is 0 Å². The molecule has 0 radical (unpaired) electrons. The van der Waals surface area contributed by atoms with Gasteiger partial charge in [-0.25, -0.2) is 9.59 Å². The molecule has 0 amide bonds. The van der Waals surface area contributed by atoms with Crippen molar-refractivity contribution in [3.8, 4) is 0 Å². The first kappa shape index (κ1) is 25.6. The maximum Gasteiger partial charge on any atom is 0.338 e. The summed E-state index contributed by atoms with van der Waals surface area (Å²) >= 11 is 0. The van der Waals surface area contributed by atoms with Crippen LogP contribution in [0.25, 0.3) is 0 Å². The van der Waals surface area contributed by atoms with Crippen molar-refractivity contribution in [3.63, 3.8) is 0 Å². The standard InChI is InChI=1S/C28H38O4/c1-19(2)7-9-23-11-15-25(16-12-23)27(29)31-21(5)22(6)32-28(30)26-17-13-24(14-18-26)10-8-20(3)4/h11-22H,7-10H2,1-6H3/t21-,22-/m0/s1. The molecular formula is C28H38O4. The third kappa shape index (κ3) is 8.49. The molecule has 2 atom stereocenters. The second-order valence-electron chi connectivity index (χ2n) is 9.48. The summed E-state index contributed by atoms with van der Waals surface area (Å²) in [5.41, 5.74) is 3.42. The van der Waals surface area contributed by atoms with Crippen molar-refractivity contribution in [2.24, 2.45) is 11.8 Å². The molecule has 0 spiro atoms. The fourth-order valence-corrected chi connectivity index (χ4v) is 3.19. The van der Waals surface area contributed by atoms with Gasteiger partial charge in [-0.3, -0.25) is 0 Å². The quantitative estimate of drug-likeness (QED) is 0.368. The third-order valence-corrected chi connectivity index (χ3v) is 5.65. The Kier molecular flexibility index (Phi) is 9.96. The van der Waals surface area contributed by atoms with Crippen molar-refractivity contribution in [1.82, 2.24) is 0 Å². The van der Waals surface area contributed by atoms with E-state index in [9.17, 15) is 9.59 Å². The van der Waals surface area contributed by atoms with Crippen LogP contribution < -0.4 is 0 Å². The molecule has 0 unspecified atom stereocenters. The summed E-state index contributed by atoms with van der Waals surface area (Å²) < 4.78 is 11.1. The van der Waals surface area contributed by atoms with E-state index in [1.54, 1.807) is 38.1 Å². The van der Waals surface area contributed by atoms with Crippen molar-refractivity contribution >= 4 is 11.9 Å². The molecule has 0 aliphatic heterocycles. The van der Waals surface area contributed by atoms with E-state index < -0.39 is 24.1 Å². The van der Waals surface area contributed by atoms with Crippen LogP contribution in [0.3, 0.4) is 0 Å². The van der Waals surface area contributed by atoms with E-state index in [1.165, 1.54) is 11.1 Å². The Bertz CT molecular complexity index is 777. The van der Waals surface area contributed by atoms with Crippen LogP contribution in [0.4, 0.5) is 0 Å². The van der Waals surface area contributed by atoms with Crippen LogP contribution in [-0.4, -0.2) is 24.1 Å². The SMILES string of the molecule is CC(C)CCc1ccc(C(=O)O[C@@H](C)[C@H](C)OC(=O)c2ccc(CCC(C)C)cc2)cc1. The normalized spacial score (nSPS) is 13.1. The van der Waals surface area contributed by atoms with Crippen LogP contribution >= 0.6 is 0 Å². The van der Waals surface area contributed by atoms with Gasteiger partial charge in [-0.2, -0.15) is 0 Å². The minimum absolute atomic E-state index is 0.412. The minimum Gasteiger partial charge on any atom is -0.455 e. The van der Waals surface area contributed by atoms with E-state index in [2.05, 4.69) is 27.7 Å². The molecule has 32 heavy (non-hydrogen) atoms. The van der Waals surface area contributed by atoms with Gasteiger partial charge in [0.2, 0.25) is 0 Å². The highest BCUT2D eigenvalue weighted by atomic mass is 16.6. The maximum absolute atomic E-state index is 12.5. The van der Waals surface area contributed by atoms with E-state index >= 15 is 0 Å². The monoisotopic (exact) mass is 438 g/mol. The number of hydrogen-bond acceptors (Lipinski definition) is 4. The van der Waals surface area contributed by atoms with Gasteiger partial charge in [0.15, 0.2) is 0 Å². The number of hydrogen-bond donors (Lipinski definition) is 0. The fourth-order valence-electron chi connectivity index (χ4n) is 3.19. The molecule has 0 aliphatic carbocycles. The van der Waals surface area contributed by atoms with E-state index in [0.717, 1.165) is 25.7 Å². The fraction of sp³-hybridized carbons (Fsp3) is 0.500. The first-order valence-corrected chi connectivity index (χ1v) is 11.8. The summed E-state index contributed by atoms with van der Waals surface area (Å²) in [4.78, 5) is 25.0. The first-order valence-electron chi connectivity index (χ1n) is 11.8. The van der Waals surface area contributed by atoms with Crippen LogP contribution in [0.5, 0.6) is 0 Å². The topological polar surface area (TPSA) is 52.6 Å². The van der Waals surface area contributed by atoms with Crippen LogP contribution in [0.1, 0.15) is 86.2 Å². The average molecular weight is 439 g/mol. The molecule has 0 N–H and O–H groups in total. The van der Waals surface area contributed by atoms with E-state index in [0.29, 0.717) is 23.0 Å². The lowest BCUT2D eigenvalue weighted by Crippen LogP contribution is -2.30. The Labute approximate surface area is 193 Å². The van der Waals surface area contributed by atoms with Crippen LogP contribution in [-0.2, 0) is 22.3 Å². The van der Waals surface area contributed by atoms with Crippen molar-refractivity contribution in [2.75, 3.05) is 0 Å². The lowest BCUT2D eigenvalue weighted by molar-refractivity contribution is -0.0239. The second kappa shape index (κ2) is 12.4. The van der Waals surface area contributed by atoms with Gasteiger partial charge in [-0.1, -0.05) is 52.0 Å². The van der Waals surface area contributed by atoms with E-state index in [4.69, 9.17) is 9.47 Å². The number of carbonyl (C=O) groups is 2. The van der Waals surface area contributed by atoms with Gasteiger partial charge in [0.25, 0.3) is 0 Å². The number of aryl methyl sites for hydroxylation is 2. The lowest BCUT2D eigenvalue weighted by atomic mass is 10.0. The van der Waals surface area contributed by atoms with Gasteiger partial charge in [0.05, 0.1) is 11.1 Å². The molecule has 4 heteroatoms. The Hall–Kier alpha value is -2.62. The van der Waals surface area contributed by atoms with Crippen LogP contribution in [0, 0.1) is 11.8 Å². The van der Waals surface area contributed by atoms with E-state index in [-0.39, 0.29) is 0 Å². The van der Waals surface area contributed by atoms with Crippen molar-refractivity contribution < 1.29 is 19.1 Å². The van der Waals surface area contributed by atoms with Crippen LogP contribution in [0.15, 0.2) is 48.5 Å². The number of rotatable bonds is 11. The molecule has 174 valence electrons. The molecule has 2 aromatic carbocycles. The largest absolute Gasteiger partial charge is 0.455 e. The third-order valence-electron chi connectivity index (χ3n) is 5.65. The minimum atomic E-state index is -0.558. The predicted molar refractivity (Wildman–Crippen MR) is 129 cm³/mol. The summed E-state index contributed by atoms with van der Waals surface area (Å²) in [7, 11) is 0. The molecule has 4 nitrogen and oxygen atoms in total. The molecule has 0 bridgehead atoms. The summed E-state index contributed by atoms with van der Waals surface area (Å²) in [6.45, 7) is 12.3. The highest BCUT2D eigenvalue weighted by molar-refractivity contribution is 5.90. The van der Waals surface area contributed by atoms with Crippen LogP contribution in [0.2, 0.25) is 0 Å². The molecule has 0 aliphatic rings. The molecule has 0 heterocycles. The maximum atomic E-state index is 12.5. The molecule has 2 rings (SSSR count). The summed E-state index contributed by atoms with van der Waals surface area (Å²) in [5.74, 6) is 0.468. The van der Waals surface area contributed by atoms with Gasteiger partial charge < -0.3 is 9.47 Å². The smallest absolute Gasteiger partial charge is 0.338 e. The lowest BCUT2D eigenvalue weighted by Gasteiger charge is -2.21. The molecule has 0 aromatic heterocycles. The van der Waals surface area contributed by atoms with Gasteiger partial charge in [0.1, 0.15) is 12.2 Å². The average Bonchev–Trinajstić information content (AvgIpc) is 2.76. The number of benzene rings is 2.